The summed E-state index contributed by atoms with van der Waals surface area (Å²) in [7, 11) is 0. The van der Waals surface area contributed by atoms with E-state index in [4.69, 9.17) is 16.6 Å². The molecule has 1 aromatic rings. The molecular formula is C10H14N2O2. The van der Waals surface area contributed by atoms with Crippen LogP contribution in [0.3, 0.4) is 0 Å². The quantitative estimate of drug-likeness (QED) is 0.659. The van der Waals surface area contributed by atoms with Crippen LogP contribution in [0.4, 0.5) is 0 Å². The zero-order valence-corrected chi connectivity index (χ0v) is 8.03. The summed E-state index contributed by atoms with van der Waals surface area (Å²) in [6, 6.07) is 4.83. The molecule has 1 atom stereocenters. The molecule has 0 saturated heterocycles. The van der Waals surface area contributed by atoms with Crippen molar-refractivity contribution in [2.45, 2.75) is 13.0 Å². The molecule has 0 spiro atoms. The molecule has 0 amide bonds. The standard InChI is InChI=1S/C10H14N2O2/c1-6-2-3-7(9(12)5-11)4-8(6)10(13)14/h2-4,9H,5,11-12H2,1H3,(H,13,14)/t9-/m0/s1. The van der Waals surface area contributed by atoms with Crippen LogP contribution < -0.4 is 11.5 Å². The fraction of sp³-hybridized carbons (Fsp3) is 0.300. The van der Waals surface area contributed by atoms with Crippen molar-refractivity contribution >= 4 is 5.97 Å². The molecule has 0 fully saturated rings. The van der Waals surface area contributed by atoms with Gasteiger partial charge in [-0.05, 0) is 24.1 Å². The maximum Gasteiger partial charge on any atom is 0.335 e. The van der Waals surface area contributed by atoms with Crippen molar-refractivity contribution < 1.29 is 9.90 Å². The first-order valence-electron chi connectivity index (χ1n) is 4.35. The minimum Gasteiger partial charge on any atom is -0.478 e. The number of nitrogens with two attached hydrogens (primary N) is 2. The molecule has 1 aromatic carbocycles. The van der Waals surface area contributed by atoms with Crippen LogP contribution in [0.25, 0.3) is 0 Å². The van der Waals surface area contributed by atoms with Gasteiger partial charge in [-0.25, -0.2) is 4.79 Å². The first-order chi connectivity index (χ1) is 6.56. The maximum atomic E-state index is 10.8. The Morgan fingerprint density at radius 2 is 2.21 bits per heavy atom. The smallest absolute Gasteiger partial charge is 0.335 e. The highest BCUT2D eigenvalue weighted by molar-refractivity contribution is 5.89. The number of aromatic carboxylic acids is 1. The largest absolute Gasteiger partial charge is 0.478 e. The Morgan fingerprint density at radius 1 is 1.57 bits per heavy atom. The van der Waals surface area contributed by atoms with Gasteiger partial charge in [-0.2, -0.15) is 0 Å². The van der Waals surface area contributed by atoms with Gasteiger partial charge in [-0.1, -0.05) is 12.1 Å². The Hall–Kier alpha value is -1.39. The molecule has 0 aliphatic rings. The molecule has 0 radical (unpaired) electrons. The van der Waals surface area contributed by atoms with E-state index in [2.05, 4.69) is 0 Å². The van der Waals surface area contributed by atoms with Crippen LogP contribution in [0.2, 0.25) is 0 Å². The second-order valence-electron chi connectivity index (χ2n) is 3.22. The van der Waals surface area contributed by atoms with E-state index in [0.717, 1.165) is 11.1 Å². The topological polar surface area (TPSA) is 89.3 Å². The lowest BCUT2D eigenvalue weighted by molar-refractivity contribution is 0.0696. The lowest BCUT2D eigenvalue weighted by atomic mass is 10.0. The van der Waals surface area contributed by atoms with E-state index in [1.165, 1.54) is 0 Å². The van der Waals surface area contributed by atoms with Crippen molar-refractivity contribution in [1.82, 2.24) is 0 Å². The first kappa shape index (κ1) is 10.7. The third-order valence-electron chi connectivity index (χ3n) is 2.17. The molecule has 0 aliphatic carbocycles. The number of hydrogen-bond acceptors (Lipinski definition) is 3. The Bertz CT molecular complexity index is 350. The van der Waals surface area contributed by atoms with Gasteiger partial charge in [-0.15, -0.1) is 0 Å². The Labute approximate surface area is 82.5 Å². The van der Waals surface area contributed by atoms with Crippen LogP contribution in [0.1, 0.15) is 27.5 Å². The van der Waals surface area contributed by atoms with E-state index < -0.39 is 5.97 Å². The van der Waals surface area contributed by atoms with Gasteiger partial charge < -0.3 is 16.6 Å². The summed E-state index contributed by atoms with van der Waals surface area (Å²) in [5.74, 6) is -0.937. The molecule has 76 valence electrons. The second-order valence-corrected chi connectivity index (χ2v) is 3.22. The predicted molar refractivity (Wildman–Crippen MR) is 54.1 cm³/mol. The van der Waals surface area contributed by atoms with E-state index in [1.807, 2.05) is 0 Å². The SMILES string of the molecule is Cc1ccc([C@@H](N)CN)cc1C(=O)O. The molecule has 4 nitrogen and oxygen atoms in total. The van der Waals surface area contributed by atoms with Gasteiger partial charge in [0.25, 0.3) is 0 Å². The van der Waals surface area contributed by atoms with Gasteiger partial charge in [0.1, 0.15) is 0 Å². The van der Waals surface area contributed by atoms with Crippen LogP contribution in [0.5, 0.6) is 0 Å². The van der Waals surface area contributed by atoms with Crippen LogP contribution in [-0.4, -0.2) is 17.6 Å². The lowest BCUT2D eigenvalue weighted by Crippen LogP contribution is -2.21. The fourth-order valence-corrected chi connectivity index (χ4v) is 1.24. The van der Waals surface area contributed by atoms with Crippen molar-refractivity contribution in [3.63, 3.8) is 0 Å². The number of carboxylic acids is 1. The van der Waals surface area contributed by atoms with Crippen molar-refractivity contribution in [2.75, 3.05) is 6.54 Å². The van der Waals surface area contributed by atoms with Crippen LogP contribution in [0, 0.1) is 6.92 Å². The molecule has 0 saturated carbocycles. The number of carbonyl (C=O) groups is 1. The zero-order valence-electron chi connectivity index (χ0n) is 8.03. The van der Waals surface area contributed by atoms with Crippen LogP contribution >= 0.6 is 0 Å². The molecule has 1 rings (SSSR count). The molecule has 5 N–H and O–H groups in total. The highest BCUT2D eigenvalue weighted by Crippen LogP contribution is 2.15. The summed E-state index contributed by atoms with van der Waals surface area (Å²) in [5, 5.41) is 8.87. The normalized spacial score (nSPS) is 12.5. The lowest BCUT2D eigenvalue weighted by Gasteiger charge is -2.10. The number of carboxylic acid groups (broad SMARTS) is 1. The van der Waals surface area contributed by atoms with Gasteiger partial charge in [-0.3, -0.25) is 0 Å². The Balaban J connectivity index is 3.12. The van der Waals surface area contributed by atoms with E-state index in [0.29, 0.717) is 6.54 Å². The van der Waals surface area contributed by atoms with E-state index >= 15 is 0 Å². The monoisotopic (exact) mass is 194 g/mol. The van der Waals surface area contributed by atoms with Crippen molar-refractivity contribution in [2.24, 2.45) is 11.5 Å². The van der Waals surface area contributed by atoms with Gasteiger partial charge in [0.2, 0.25) is 0 Å². The molecule has 4 heteroatoms. The minimum atomic E-state index is -0.937. The molecular weight excluding hydrogens is 180 g/mol. The van der Waals surface area contributed by atoms with Gasteiger partial charge in [0.15, 0.2) is 0 Å². The third kappa shape index (κ3) is 2.10. The zero-order chi connectivity index (χ0) is 10.7. The second kappa shape index (κ2) is 4.21. The molecule has 0 unspecified atom stereocenters. The number of aryl methyl sites for hydroxylation is 1. The average molecular weight is 194 g/mol. The van der Waals surface area contributed by atoms with Gasteiger partial charge in [0, 0.05) is 12.6 Å². The van der Waals surface area contributed by atoms with Gasteiger partial charge in [0.05, 0.1) is 5.56 Å². The molecule has 14 heavy (non-hydrogen) atoms. The van der Waals surface area contributed by atoms with Crippen molar-refractivity contribution in [1.29, 1.82) is 0 Å². The number of hydrogen-bond donors (Lipinski definition) is 3. The Morgan fingerprint density at radius 3 is 2.71 bits per heavy atom. The highest BCUT2D eigenvalue weighted by atomic mass is 16.4. The fourth-order valence-electron chi connectivity index (χ4n) is 1.24. The number of rotatable bonds is 3. The molecule has 0 aliphatic heterocycles. The first-order valence-corrected chi connectivity index (χ1v) is 4.35. The van der Waals surface area contributed by atoms with Crippen molar-refractivity contribution in [3.8, 4) is 0 Å². The highest BCUT2D eigenvalue weighted by Gasteiger charge is 2.10. The third-order valence-corrected chi connectivity index (χ3v) is 2.17. The minimum absolute atomic E-state index is 0.284. The van der Waals surface area contributed by atoms with Crippen LogP contribution in [0.15, 0.2) is 18.2 Å². The predicted octanol–water partition coefficient (Wildman–Crippen LogP) is 0.652. The summed E-state index contributed by atoms with van der Waals surface area (Å²) in [4.78, 5) is 10.8. The van der Waals surface area contributed by atoms with E-state index in [-0.39, 0.29) is 11.6 Å². The summed E-state index contributed by atoms with van der Waals surface area (Å²) in [6.45, 7) is 2.06. The number of benzene rings is 1. The maximum absolute atomic E-state index is 10.8. The average Bonchev–Trinajstić information content (AvgIpc) is 2.17. The van der Waals surface area contributed by atoms with Crippen LogP contribution in [-0.2, 0) is 0 Å². The van der Waals surface area contributed by atoms with Crippen molar-refractivity contribution in [3.05, 3.63) is 34.9 Å². The van der Waals surface area contributed by atoms with Gasteiger partial charge >= 0.3 is 5.97 Å². The molecule has 0 heterocycles. The Kier molecular flexibility index (Phi) is 3.22. The van der Waals surface area contributed by atoms with E-state index in [1.54, 1.807) is 25.1 Å². The molecule has 0 aromatic heterocycles. The summed E-state index contributed by atoms with van der Waals surface area (Å²) < 4.78 is 0. The molecule has 0 bridgehead atoms. The summed E-state index contributed by atoms with van der Waals surface area (Å²) in [5.41, 5.74) is 12.9. The van der Waals surface area contributed by atoms with E-state index in [9.17, 15) is 4.79 Å². The summed E-state index contributed by atoms with van der Waals surface area (Å²) >= 11 is 0. The summed E-state index contributed by atoms with van der Waals surface area (Å²) in [6.07, 6.45) is 0.